The lowest BCUT2D eigenvalue weighted by atomic mass is 9.97. The molecule has 18 heavy (non-hydrogen) atoms. The predicted octanol–water partition coefficient (Wildman–Crippen LogP) is 2.36. The van der Waals surface area contributed by atoms with E-state index in [1.54, 1.807) is 0 Å². The standard InChI is InChI=1S/C14H14O4/c1-10-2-4-11(5-3-10)12(6-8-13(15)16)7-9-14(17)18/h2-9,12H,1H3,(H,15,16)(H,17,18). The van der Waals surface area contributed by atoms with Crippen LogP contribution in [0.3, 0.4) is 0 Å². The van der Waals surface area contributed by atoms with Crippen LogP contribution in [0.25, 0.3) is 0 Å². The van der Waals surface area contributed by atoms with Crippen molar-refractivity contribution in [1.82, 2.24) is 0 Å². The SMILES string of the molecule is Cc1ccc(C(C=CC(=O)O)C=CC(=O)O)cc1. The minimum Gasteiger partial charge on any atom is -0.478 e. The fraction of sp³-hybridized carbons (Fsp3) is 0.143. The summed E-state index contributed by atoms with van der Waals surface area (Å²) in [6, 6.07) is 7.48. The molecule has 4 nitrogen and oxygen atoms in total. The molecule has 1 rings (SSSR count). The summed E-state index contributed by atoms with van der Waals surface area (Å²) in [5.74, 6) is -2.48. The van der Waals surface area contributed by atoms with Gasteiger partial charge in [-0.1, -0.05) is 42.0 Å². The zero-order valence-corrected chi connectivity index (χ0v) is 9.91. The quantitative estimate of drug-likeness (QED) is 0.782. The third-order valence-corrected chi connectivity index (χ3v) is 2.35. The van der Waals surface area contributed by atoms with Crippen LogP contribution in [0.1, 0.15) is 17.0 Å². The smallest absolute Gasteiger partial charge is 0.328 e. The van der Waals surface area contributed by atoms with Crippen LogP contribution in [0.5, 0.6) is 0 Å². The zero-order valence-electron chi connectivity index (χ0n) is 9.91. The summed E-state index contributed by atoms with van der Waals surface area (Å²) in [5, 5.41) is 17.2. The third kappa shape index (κ3) is 4.65. The van der Waals surface area contributed by atoms with Crippen molar-refractivity contribution >= 4 is 11.9 Å². The van der Waals surface area contributed by atoms with Crippen molar-refractivity contribution in [2.45, 2.75) is 12.8 Å². The Bertz CT molecular complexity index is 459. The van der Waals surface area contributed by atoms with Crippen molar-refractivity contribution in [3.63, 3.8) is 0 Å². The molecule has 94 valence electrons. The van der Waals surface area contributed by atoms with E-state index in [1.807, 2.05) is 31.2 Å². The van der Waals surface area contributed by atoms with Gasteiger partial charge in [-0.2, -0.15) is 0 Å². The van der Waals surface area contributed by atoms with Crippen LogP contribution in [0.4, 0.5) is 0 Å². The number of aryl methyl sites for hydroxylation is 1. The number of aliphatic carboxylic acids is 2. The van der Waals surface area contributed by atoms with E-state index < -0.39 is 11.9 Å². The second-order valence-corrected chi connectivity index (χ2v) is 3.83. The fourth-order valence-electron chi connectivity index (χ4n) is 1.45. The second-order valence-electron chi connectivity index (χ2n) is 3.83. The fourth-order valence-corrected chi connectivity index (χ4v) is 1.45. The topological polar surface area (TPSA) is 74.6 Å². The van der Waals surface area contributed by atoms with Crippen LogP contribution >= 0.6 is 0 Å². The van der Waals surface area contributed by atoms with E-state index >= 15 is 0 Å². The Hall–Kier alpha value is -2.36. The van der Waals surface area contributed by atoms with Crippen molar-refractivity contribution in [3.05, 3.63) is 59.7 Å². The minimum atomic E-state index is -1.06. The lowest BCUT2D eigenvalue weighted by Gasteiger charge is -2.08. The number of benzene rings is 1. The summed E-state index contributed by atoms with van der Waals surface area (Å²) >= 11 is 0. The summed E-state index contributed by atoms with van der Waals surface area (Å²) in [7, 11) is 0. The Balaban J connectivity index is 2.99. The van der Waals surface area contributed by atoms with Crippen molar-refractivity contribution in [1.29, 1.82) is 0 Å². The van der Waals surface area contributed by atoms with E-state index in [1.165, 1.54) is 12.2 Å². The van der Waals surface area contributed by atoms with Gasteiger partial charge < -0.3 is 10.2 Å². The Labute approximate surface area is 105 Å². The Morgan fingerprint density at radius 1 is 1.00 bits per heavy atom. The molecule has 2 N–H and O–H groups in total. The number of carbonyl (C=O) groups is 2. The first kappa shape index (κ1) is 13.7. The summed E-state index contributed by atoms with van der Waals surface area (Å²) in [6.07, 6.45) is 4.92. The Kier molecular flexibility index (Phi) is 4.87. The molecule has 0 aliphatic carbocycles. The second kappa shape index (κ2) is 6.39. The van der Waals surface area contributed by atoms with Crippen molar-refractivity contribution in [2.75, 3.05) is 0 Å². The molecular weight excluding hydrogens is 232 g/mol. The summed E-state index contributed by atoms with van der Waals surface area (Å²) in [5.41, 5.74) is 1.93. The number of hydrogen-bond acceptors (Lipinski definition) is 2. The molecule has 0 bridgehead atoms. The van der Waals surface area contributed by atoms with Gasteiger partial charge in [0.2, 0.25) is 0 Å². The molecular formula is C14H14O4. The molecule has 0 saturated heterocycles. The average molecular weight is 246 g/mol. The van der Waals surface area contributed by atoms with Gasteiger partial charge in [-0.05, 0) is 12.5 Å². The number of hydrogen-bond donors (Lipinski definition) is 2. The maximum absolute atomic E-state index is 10.5. The molecule has 1 aromatic rings. The molecule has 0 radical (unpaired) electrons. The van der Waals surface area contributed by atoms with E-state index in [0.717, 1.165) is 23.3 Å². The number of carboxylic acid groups (broad SMARTS) is 2. The molecule has 0 unspecified atom stereocenters. The van der Waals surface area contributed by atoms with Crippen molar-refractivity contribution in [3.8, 4) is 0 Å². The highest BCUT2D eigenvalue weighted by molar-refractivity contribution is 5.81. The van der Waals surface area contributed by atoms with Gasteiger partial charge >= 0.3 is 11.9 Å². The highest BCUT2D eigenvalue weighted by Crippen LogP contribution is 2.19. The monoisotopic (exact) mass is 246 g/mol. The van der Waals surface area contributed by atoms with Crippen LogP contribution in [0, 0.1) is 6.92 Å². The highest BCUT2D eigenvalue weighted by Gasteiger charge is 2.05. The van der Waals surface area contributed by atoms with Gasteiger partial charge in [-0.25, -0.2) is 9.59 Å². The van der Waals surface area contributed by atoms with E-state index in [0.29, 0.717) is 0 Å². The van der Waals surface area contributed by atoms with Crippen molar-refractivity contribution < 1.29 is 19.8 Å². The first-order valence-electron chi connectivity index (χ1n) is 5.38. The van der Waals surface area contributed by atoms with Crippen LogP contribution in [-0.2, 0) is 9.59 Å². The van der Waals surface area contributed by atoms with Crippen LogP contribution < -0.4 is 0 Å². The van der Waals surface area contributed by atoms with Gasteiger partial charge in [-0.15, -0.1) is 0 Å². The lowest BCUT2D eigenvalue weighted by Crippen LogP contribution is -1.96. The molecule has 0 aromatic heterocycles. The first-order chi connectivity index (χ1) is 8.49. The number of carboxylic acids is 2. The van der Waals surface area contributed by atoms with E-state index in [2.05, 4.69) is 0 Å². The first-order valence-corrected chi connectivity index (χ1v) is 5.38. The minimum absolute atomic E-state index is 0.363. The van der Waals surface area contributed by atoms with Crippen LogP contribution in [0.2, 0.25) is 0 Å². The van der Waals surface area contributed by atoms with Crippen LogP contribution in [0.15, 0.2) is 48.6 Å². The molecule has 4 heteroatoms. The third-order valence-electron chi connectivity index (χ3n) is 2.35. The summed E-state index contributed by atoms with van der Waals surface area (Å²) in [6.45, 7) is 1.94. The molecule has 0 spiro atoms. The molecule has 0 atom stereocenters. The highest BCUT2D eigenvalue weighted by atomic mass is 16.4. The number of rotatable bonds is 5. The molecule has 1 aromatic carbocycles. The van der Waals surface area contributed by atoms with Gasteiger partial charge in [0.25, 0.3) is 0 Å². The predicted molar refractivity (Wildman–Crippen MR) is 67.5 cm³/mol. The van der Waals surface area contributed by atoms with Gasteiger partial charge in [0.05, 0.1) is 0 Å². The van der Waals surface area contributed by atoms with E-state index in [4.69, 9.17) is 10.2 Å². The van der Waals surface area contributed by atoms with Gasteiger partial charge in [0.15, 0.2) is 0 Å². The van der Waals surface area contributed by atoms with E-state index in [-0.39, 0.29) is 5.92 Å². The summed E-state index contributed by atoms with van der Waals surface area (Å²) in [4.78, 5) is 21.0. The maximum atomic E-state index is 10.5. The molecule has 0 fully saturated rings. The molecule has 0 amide bonds. The van der Waals surface area contributed by atoms with Gasteiger partial charge in [0, 0.05) is 18.1 Å². The van der Waals surface area contributed by atoms with Gasteiger partial charge in [0.1, 0.15) is 0 Å². The maximum Gasteiger partial charge on any atom is 0.328 e. The van der Waals surface area contributed by atoms with E-state index in [9.17, 15) is 9.59 Å². The molecule has 0 aliphatic rings. The lowest BCUT2D eigenvalue weighted by molar-refractivity contribution is -0.132. The number of allylic oxidation sites excluding steroid dienone is 2. The zero-order chi connectivity index (χ0) is 13.5. The van der Waals surface area contributed by atoms with Gasteiger partial charge in [-0.3, -0.25) is 0 Å². The normalized spacial score (nSPS) is 12.9. The van der Waals surface area contributed by atoms with Crippen molar-refractivity contribution in [2.24, 2.45) is 0 Å². The Morgan fingerprint density at radius 3 is 1.83 bits per heavy atom. The Morgan fingerprint density at radius 2 is 1.44 bits per heavy atom. The average Bonchev–Trinajstić information content (AvgIpc) is 2.30. The molecule has 0 heterocycles. The molecule has 0 saturated carbocycles. The largest absolute Gasteiger partial charge is 0.478 e. The van der Waals surface area contributed by atoms with Crippen LogP contribution in [-0.4, -0.2) is 22.2 Å². The summed E-state index contributed by atoms with van der Waals surface area (Å²) < 4.78 is 0. The molecule has 0 aliphatic heterocycles.